The van der Waals surface area contributed by atoms with Crippen molar-refractivity contribution in [3.63, 3.8) is 0 Å². The van der Waals surface area contributed by atoms with Crippen molar-refractivity contribution < 1.29 is 32.2 Å². The van der Waals surface area contributed by atoms with Crippen LogP contribution >= 0.6 is 0 Å². The molecule has 2 aliphatic heterocycles. The molecule has 27 heavy (non-hydrogen) atoms. The maximum Gasteiger partial charge on any atom is 0.331 e. The Bertz CT molecular complexity index is 862. The first-order chi connectivity index (χ1) is 12.8. The second kappa shape index (κ2) is 7.99. The van der Waals surface area contributed by atoms with Crippen molar-refractivity contribution in [2.75, 3.05) is 38.4 Å². The third-order valence-electron chi connectivity index (χ3n) is 4.47. The van der Waals surface area contributed by atoms with Crippen LogP contribution in [0.5, 0.6) is 11.5 Å². The zero-order valence-electron chi connectivity index (χ0n) is 14.9. The van der Waals surface area contributed by atoms with Crippen LogP contribution in [-0.2, 0) is 24.2 Å². The topological polar surface area (TPSA) is 99.2 Å². The summed E-state index contributed by atoms with van der Waals surface area (Å²) < 4.78 is 38.8. The Morgan fingerprint density at radius 2 is 2.00 bits per heavy atom. The first kappa shape index (κ1) is 19.2. The molecule has 0 spiro atoms. The minimum atomic E-state index is -3.08. The van der Waals surface area contributed by atoms with Crippen LogP contribution in [-0.4, -0.2) is 69.6 Å². The summed E-state index contributed by atoms with van der Waals surface area (Å²) in [5.41, 5.74) is 0.732. The summed E-state index contributed by atoms with van der Waals surface area (Å²) in [5, 5.41) is 0. The zero-order chi connectivity index (χ0) is 19.4. The van der Waals surface area contributed by atoms with Crippen molar-refractivity contribution in [2.24, 2.45) is 0 Å². The maximum atomic E-state index is 12.1. The van der Waals surface area contributed by atoms with Gasteiger partial charge in [-0.3, -0.25) is 4.79 Å². The Balaban J connectivity index is 1.49. The maximum absolute atomic E-state index is 12.1. The molecule has 2 aliphatic rings. The smallest absolute Gasteiger partial charge is 0.331 e. The number of benzene rings is 1. The van der Waals surface area contributed by atoms with Gasteiger partial charge in [0.05, 0.1) is 11.5 Å². The van der Waals surface area contributed by atoms with E-state index in [0.29, 0.717) is 31.1 Å². The molecule has 1 saturated heterocycles. The van der Waals surface area contributed by atoms with E-state index in [1.54, 1.807) is 24.3 Å². The molecule has 0 N–H and O–H groups in total. The average molecular weight is 395 g/mol. The third-order valence-corrected chi connectivity index (χ3v) is 6.22. The summed E-state index contributed by atoms with van der Waals surface area (Å²) in [4.78, 5) is 25.2. The molecule has 0 bridgehead atoms. The highest BCUT2D eigenvalue weighted by Crippen LogP contribution is 2.31. The minimum Gasteiger partial charge on any atom is -0.486 e. The van der Waals surface area contributed by atoms with E-state index in [0.717, 1.165) is 5.56 Å². The summed E-state index contributed by atoms with van der Waals surface area (Å²) in [6.07, 6.45) is 3.18. The summed E-state index contributed by atoms with van der Waals surface area (Å²) >= 11 is 0. The molecule has 1 aromatic carbocycles. The molecule has 1 fully saturated rings. The number of nitrogens with zero attached hydrogens (tertiary/aromatic N) is 1. The highest BCUT2D eigenvalue weighted by molar-refractivity contribution is 7.91. The second-order valence-electron chi connectivity index (χ2n) is 6.41. The molecule has 1 aromatic rings. The molecule has 0 saturated carbocycles. The molecule has 0 unspecified atom stereocenters. The SMILES string of the molecule is CN(C(=O)COC(=O)/C=C/c1ccc2c(c1)OCCO2)[C@H]1CCS(=O)(=O)C1. The molecular formula is C18H21NO7S. The van der Waals surface area contributed by atoms with Gasteiger partial charge in [-0.05, 0) is 30.2 Å². The lowest BCUT2D eigenvalue weighted by atomic mass is 10.2. The highest BCUT2D eigenvalue weighted by atomic mass is 32.2. The summed E-state index contributed by atoms with van der Waals surface area (Å²) in [6, 6.07) is 4.91. The lowest BCUT2D eigenvalue weighted by Gasteiger charge is -2.22. The van der Waals surface area contributed by atoms with Gasteiger partial charge >= 0.3 is 5.97 Å². The fraction of sp³-hybridized carbons (Fsp3) is 0.444. The number of esters is 1. The highest BCUT2D eigenvalue weighted by Gasteiger charge is 2.32. The Morgan fingerprint density at radius 3 is 2.70 bits per heavy atom. The fourth-order valence-electron chi connectivity index (χ4n) is 2.90. The lowest BCUT2D eigenvalue weighted by molar-refractivity contribution is -0.148. The number of carbonyl (C=O) groups excluding carboxylic acids is 2. The van der Waals surface area contributed by atoms with Crippen molar-refractivity contribution in [1.82, 2.24) is 4.90 Å². The van der Waals surface area contributed by atoms with E-state index < -0.39 is 28.3 Å². The predicted molar refractivity (Wildman–Crippen MR) is 97.3 cm³/mol. The van der Waals surface area contributed by atoms with Gasteiger partial charge in [0.2, 0.25) is 0 Å². The first-order valence-corrected chi connectivity index (χ1v) is 10.4. The molecule has 3 rings (SSSR count). The van der Waals surface area contributed by atoms with E-state index in [4.69, 9.17) is 14.2 Å². The molecule has 0 radical (unpaired) electrons. The standard InChI is InChI=1S/C18H21NO7S/c1-19(14-6-9-27(22,23)12-14)17(20)11-26-18(21)5-3-13-2-4-15-16(10-13)25-8-7-24-15/h2-5,10,14H,6-9,11-12H2,1H3/b5-3+/t14-/m0/s1. The lowest BCUT2D eigenvalue weighted by Crippen LogP contribution is -2.40. The number of carbonyl (C=O) groups is 2. The molecule has 1 atom stereocenters. The van der Waals surface area contributed by atoms with Crippen molar-refractivity contribution >= 4 is 27.8 Å². The van der Waals surface area contributed by atoms with E-state index in [2.05, 4.69) is 0 Å². The zero-order valence-corrected chi connectivity index (χ0v) is 15.7. The number of sulfone groups is 1. The molecule has 2 heterocycles. The average Bonchev–Trinajstić information content (AvgIpc) is 3.03. The number of likely N-dealkylation sites (N-methyl/N-ethyl adjacent to an activating group) is 1. The molecule has 0 aliphatic carbocycles. The summed E-state index contributed by atoms with van der Waals surface area (Å²) in [7, 11) is -1.56. The molecular weight excluding hydrogens is 374 g/mol. The number of hydrogen-bond acceptors (Lipinski definition) is 7. The quantitative estimate of drug-likeness (QED) is 0.533. The number of rotatable bonds is 5. The van der Waals surface area contributed by atoms with E-state index in [1.807, 2.05) is 0 Å². The van der Waals surface area contributed by atoms with Crippen molar-refractivity contribution in [3.05, 3.63) is 29.8 Å². The van der Waals surface area contributed by atoms with E-state index in [9.17, 15) is 18.0 Å². The molecule has 8 nitrogen and oxygen atoms in total. The van der Waals surface area contributed by atoms with Crippen LogP contribution in [0.1, 0.15) is 12.0 Å². The van der Waals surface area contributed by atoms with Crippen molar-refractivity contribution in [2.45, 2.75) is 12.5 Å². The first-order valence-electron chi connectivity index (χ1n) is 8.55. The Hall–Kier alpha value is -2.55. The second-order valence-corrected chi connectivity index (χ2v) is 8.63. The van der Waals surface area contributed by atoms with Crippen LogP contribution in [0.4, 0.5) is 0 Å². The minimum absolute atomic E-state index is 0.0484. The van der Waals surface area contributed by atoms with Gasteiger partial charge in [0, 0.05) is 19.2 Å². The van der Waals surface area contributed by atoms with Gasteiger partial charge in [-0.1, -0.05) is 6.07 Å². The van der Waals surface area contributed by atoms with E-state index in [-0.39, 0.29) is 17.5 Å². The largest absolute Gasteiger partial charge is 0.486 e. The van der Waals surface area contributed by atoms with Gasteiger partial charge in [-0.15, -0.1) is 0 Å². The monoisotopic (exact) mass is 395 g/mol. The normalized spacial score (nSPS) is 20.4. The predicted octanol–water partition coefficient (Wildman–Crippen LogP) is 0.660. The van der Waals surface area contributed by atoms with E-state index in [1.165, 1.54) is 18.0 Å². The van der Waals surface area contributed by atoms with Gasteiger partial charge in [0.15, 0.2) is 27.9 Å². The molecule has 1 amide bonds. The van der Waals surface area contributed by atoms with Crippen LogP contribution in [0.25, 0.3) is 6.08 Å². The van der Waals surface area contributed by atoms with Crippen LogP contribution in [0.15, 0.2) is 24.3 Å². The number of hydrogen-bond donors (Lipinski definition) is 0. The summed E-state index contributed by atoms with van der Waals surface area (Å²) in [6.45, 7) is 0.543. The van der Waals surface area contributed by atoms with Gasteiger partial charge in [-0.2, -0.15) is 0 Å². The van der Waals surface area contributed by atoms with Crippen LogP contribution < -0.4 is 9.47 Å². The fourth-order valence-corrected chi connectivity index (χ4v) is 4.67. The molecule has 9 heteroatoms. The van der Waals surface area contributed by atoms with Crippen LogP contribution in [0, 0.1) is 0 Å². The van der Waals surface area contributed by atoms with Gasteiger partial charge in [0.1, 0.15) is 13.2 Å². The van der Waals surface area contributed by atoms with Gasteiger partial charge in [0.25, 0.3) is 5.91 Å². The van der Waals surface area contributed by atoms with Crippen LogP contribution in [0.2, 0.25) is 0 Å². The number of amides is 1. The number of fused-ring (bicyclic) bond motifs is 1. The Labute approximate surface area is 157 Å². The van der Waals surface area contributed by atoms with Crippen LogP contribution in [0.3, 0.4) is 0 Å². The van der Waals surface area contributed by atoms with Crippen molar-refractivity contribution in [1.29, 1.82) is 0 Å². The molecule has 0 aromatic heterocycles. The Kier molecular flexibility index (Phi) is 5.69. The third kappa shape index (κ3) is 5.00. The number of ether oxygens (including phenoxy) is 3. The molecule has 146 valence electrons. The van der Waals surface area contributed by atoms with Crippen molar-refractivity contribution in [3.8, 4) is 11.5 Å². The van der Waals surface area contributed by atoms with E-state index >= 15 is 0 Å². The van der Waals surface area contributed by atoms with Gasteiger partial charge in [-0.25, -0.2) is 13.2 Å². The van der Waals surface area contributed by atoms with Gasteiger partial charge < -0.3 is 19.1 Å². The summed E-state index contributed by atoms with van der Waals surface area (Å²) in [5.74, 6) is 0.202. The Morgan fingerprint density at radius 1 is 1.26 bits per heavy atom.